The topological polar surface area (TPSA) is 9.72 Å². The van der Waals surface area contributed by atoms with E-state index in [1.54, 1.807) is 0 Å². The van der Waals surface area contributed by atoms with Gasteiger partial charge >= 0.3 is 0 Å². The van der Waals surface area contributed by atoms with Crippen molar-refractivity contribution in [1.82, 2.24) is 14.7 Å². The molecule has 1 aliphatic carbocycles. The summed E-state index contributed by atoms with van der Waals surface area (Å²) in [5.74, 6) is 1.31. The first-order valence-electron chi connectivity index (χ1n) is 8.33. The summed E-state index contributed by atoms with van der Waals surface area (Å²) in [6, 6.07) is 1.63. The van der Waals surface area contributed by atoms with Gasteiger partial charge in [-0.05, 0) is 53.8 Å². The maximum atomic E-state index is 2.58. The highest BCUT2D eigenvalue weighted by Crippen LogP contribution is 2.30. The molecule has 0 radical (unpaired) electrons. The molecule has 0 amide bonds. The van der Waals surface area contributed by atoms with Gasteiger partial charge in [-0.25, -0.2) is 0 Å². The summed E-state index contributed by atoms with van der Waals surface area (Å²) in [5.41, 5.74) is 0. The molecule has 0 N–H and O–H groups in total. The second-order valence-electron chi connectivity index (χ2n) is 6.93. The molecule has 2 fully saturated rings. The van der Waals surface area contributed by atoms with Crippen LogP contribution in [-0.4, -0.2) is 82.6 Å². The van der Waals surface area contributed by atoms with Gasteiger partial charge in [-0.3, -0.25) is 4.90 Å². The molecule has 0 aromatic rings. The van der Waals surface area contributed by atoms with Crippen molar-refractivity contribution in [1.29, 1.82) is 0 Å². The summed E-state index contributed by atoms with van der Waals surface area (Å²) in [6.45, 7) is 6.07. The molecule has 0 aromatic carbocycles. The maximum Gasteiger partial charge on any atom is 0.0591 e. The summed E-state index contributed by atoms with van der Waals surface area (Å²) in [6.07, 6.45) is 5.62. The molecule has 1 atom stereocenters. The highest BCUT2D eigenvalue weighted by molar-refractivity contribution is 14.1. The fourth-order valence-corrected chi connectivity index (χ4v) is 5.12. The van der Waals surface area contributed by atoms with E-state index < -0.39 is 0 Å². The van der Waals surface area contributed by atoms with Crippen LogP contribution in [0.25, 0.3) is 0 Å². The fraction of sp³-hybridized carbons (Fsp3) is 1.00. The molecule has 1 aliphatic heterocycles. The standard InChI is InChI=1S/C16H32IN3S/c1-13(17)20-11-15(12-20)19(4)9-10-21-16-7-5-14(6-8-16)18(2)3/h13-16H,5-12H2,1-4H3. The summed E-state index contributed by atoms with van der Waals surface area (Å²) >= 11 is 4.74. The second kappa shape index (κ2) is 8.71. The number of likely N-dealkylation sites (N-methyl/N-ethyl adjacent to an activating group) is 1. The minimum Gasteiger partial charge on any atom is -0.306 e. The van der Waals surface area contributed by atoms with E-state index in [-0.39, 0.29) is 0 Å². The number of alkyl halides is 1. The molecule has 124 valence electrons. The summed E-state index contributed by atoms with van der Waals surface area (Å²) in [7, 11) is 6.76. The molecule has 2 rings (SSSR count). The number of halogens is 1. The number of nitrogens with zero attached hydrogens (tertiary/aromatic N) is 3. The lowest BCUT2D eigenvalue weighted by Crippen LogP contribution is -2.60. The van der Waals surface area contributed by atoms with E-state index in [0.29, 0.717) is 4.05 Å². The monoisotopic (exact) mass is 425 g/mol. The van der Waals surface area contributed by atoms with Crippen molar-refractivity contribution >= 4 is 34.4 Å². The van der Waals surface area contributed by atoms with Crippen molar-refractivity contribution in [3.05, 3.63) is 0 Å². The van der Waals surface area contributed by atoms with E-state index in [9.17, 15) is 0 Å². The van der Waals surface area contributed by atoms with Gasteiger partial charge in [0.25, 0.3) is 0 Å². The van der Waals surface area contributed by atoms with Crippen molar-refractivity contribution in [3.8, 4) is 0 Å². The van der Waals surface area contributed by atoms with Crippen LogP contribution >= 0.6 is 34.4 Å². The van der Waals surface area contributed by atoms with Crippen LogP contribution in [0.2, 0.25) is 0 Å². The Labute approximate surface area is 149 Å². The SMILES string of the molecule is CC(I)N1CC(N(C)CCSC2CCC(N(C)C)CC2)C1. The Morgan fingerprint density at radius 1 is 1.10 bits per heavy atom. The molecule has 2 aliphatic rings. The van der Waals surface area contributed by atoms with Crippen LogP contribution in [-0.2, 0) is 0 Å². The number of thioether (sulfide) groups is 1. The minimum atomic E-state index is 0.688. The first-order chi connectivity index (χ1) is 9.97. The quantitative estimate of drug-likeness (QED) is 0.352. The fourth-order valence-electron chi connectivity index (χ4n) is 3.33. The van der Waals surface area contributed by atoms with Gasteiger partial charge in [0.15, 0.2) is 0 Å². The third kappa shape index (κ3) is 5.52. The van der Waals surface area contributed by atoms with Crippen molar-refractivity contribution in [2.24, 2.45) is 0 Å². The van der Waals surface area contributed by atoms with Crippen LogP contribution in [0.5, 0.6) is 0 Å². The Bertz CT molecular complexity index is 298. The lowest BCUT2D eigenvalue weighted by atomic mass is 9.94. The second-order valence-corrected chi connectivity index (χ2v) is 10.1. The van der Waals surface area contributed by atoms with Crippen LogP contribution in [0.3, 0.4) is 0 Å². The van der Waals surface area contributed by atoms with Gasteiger partial charge in [0, 0.05) is 42.7 Å². The normalized spacial score (nSPS) is 29.9. The molecule has 5 heteroatoms. The molecule has 21 heavy (non-hydrogen) atoms. The van der Waals surface area contributed by atoms with Crippen LogP contribution in [0, 0.1) is 0 Å². The Morgan fingerprint density at radius 2 is 1.71 bits per heavy atom. The highest BCUT2D eigenvalue weighted by Gasteiger charge is 2.31. The summed E-state index contributed by atoms with van der Waals surface area (Å²) < 4.78 is 0.688. The van der Waals surface area contributed by atoms with E-state index in [1.165, 1.54) is 51.1 Å². The maximum absolute atomic E-state index is 2.58. The van der Waals surface area contributed by atoms with Gasteiger partial charge in [-0.15, -0.1) is 0 Å². The zero-order valence-corrected chi connectivity index (χ0v) is 17.1. The van der Waals surface area contributed by atoms with Crippen LogP contribution < -0.4 is 0 Å². The first kappa shape index (κ1) is 18.3. The van der Waals surface area contributed by atoms with Crippen molar-refractivity contribution in [3.63, 3.8) is 0 Å². The molecule has 1 saturated carbocycles. The average molecular weight is 425 g/mol. The Morgan fingerprint density at radius 3 is 2.24 bits per heavy atom. The zero-order chi connectivity index (χ0) is 15.4. The zero-order valence-electron chi connectivity index (χ0n) is 14.1. The van der Waals surface area contributed by atoms with E-state index in [1.807, 2.05) is 0 Å². The third-order valence-electron chi connectivity index (χ3n) is 5.19. The molecule has 0 spiro atoms. The Hall–Kier alpha value is 0.960. The van der Waals surface area contributed by atoms with Gasteiger partial charge in [0.1, 0.15) is 0 Å². The predicted octanol–water partition coefficient (Wildman–Crippen LogP) is 2.99. The highest BCUT2D eigenvalue weighted by atomic mass is 127. The molecular weight excluding hydrogens is 393 g/mol. The Kier molecular flexibility index (Phi) is 7.59. The largest absolute Gasteiger partial charge is 0.306 e. The number of likely N-dealkylation sites (tertiary alicyclic amines) is 1. The van der Waals surface area contributed by atoms with Gasteiger partial charge in [0.2, 0.25) is 0 Å². The van der Waals surface area contributed by atoms with Crippen molar-refractivity contribution in [2.45, 2.75) is 54.0 Å². The predicted molar refractivity (Wildman–Crippen MR) is 104 cm³/mol. The molecule has 1 unspecified atom stereocenters. The number of rotatable bonds is 7. The third-order valence-corrected chi connectivity index (χ3v) is 7.34. The molecule has 1 saturated heterocycles. The molecule has 1 heterocycles. The lowest BCUT2D eigenvalue weighted by molar-refractivity contribution is 0.0525. The molecule has 0 bridgehead atoms. The summed E-state index contributed by atoms with van der Waals surface area (Å²) in [4.78, 5) is 7.54. The van der Waals surface area contributed by atoms with Gasteiger partial charge < -0.3 is 9.80 Å². The first-order valence-corrected chi connectivity index (χ1v) is 10.6. The number of hydrogen-bond donors (Lipinski definition) is 0. The minimum absolute atomic E-state index is 0.688. The lowest BCUT2D eigenvalue weighted by Gasteiger charge is -2.45. The average Bonchev–Trinajstić information content (AvgIpc) is 2.37. The van der Waals surface area contributed by atoms with Gasteiger partial charge in [0.05, 0.1) is 4.05 Å². The van der Waals surface area contributed by atoms with Gasteiger partial charge in [-0.2, -0.15) is 11.8 Å². The Balaban J connectivity index is 1.54. The van der Waals surface area contributed by atoms with Gasteiger partial charge in [-0.1, -0.05) is 22.6 Å². The molecule has 3 nitrogen and oxygen atoms in total. The van der Waals surface area contributed by atoms with Crippen LogP contribution in [0.1, 0.15) is 32.6 Å². The van der Waals surface area contributed by atoms with E-state index in [2.05, 4.69) is 77.1 Å². The van der Waals surface area contributed by atoms with Crippen LogP contribution in [0.15, 0.2) is 0 Å². The molecular formula is C16H32IN3S. The van der Waals surface area contributed by atoms with E-state index in [0.717, 1.165) is 17.3 Å². The van der Waals surface area contributed by atoms with Crippen molar-refractivity contribution < 1.29 is 0 Å². The summed E-state index contributed by atoms with van der Waals surface area (Å²) in [5, 5.41) is 0.918. The van der Waals surface area contributed by atoms with E-state index in [4.69, 9.17) is 0 Å². The number of hydrogen-bond acceptors (Lipinski definition) is 4. The van der Waals surface area contributed by atoms with Crippen molar-refractivity contribution in [2.75, 3.05) is 46.5 Å². The smallest absolute Gasteiger partial charge is 0.0591 e. The molecule has 0 aromatic heterocycles. The van der Waals surface area contributed by atoms with E-state index >= 15 is 0 Å². The van der Waals surface area contributed by atoms with Crippen LogP contribution in [0.4, 0.5) is 0 Å².